The maximum atomic E-state index is 11.5. The van der Waals surface area contributed by atoms with E-state index in [-0.39, 0.29) is 17.1 Å². The predicted molar refractivity (Wildman–Crippen MR) is 76.5 cm³/mol. The van der Waals surface area contributed by atoms with E-state index < -0.39 is 0 Å². The highest BCUT2D eigenvalue weighted by molar-refractivity contribution is 5.78. The molecular formula is C16H25NO2. The second-order valence-corrected chi connectivity index (χ2v) is 5.73. The first kappa shape index (κ1) is 17.6. The van der Waals surface area contributed by atoms with Crippen molar-refractivity contribution in [3.8, 4) is 6.07 Å². The number of rotatable bonds is 9. The Morgan fingerprint density at radius 3 is 2.53 bits per heavy atom. The van der Waals surface area contributed by atoms with Gasteiger partial charge in [-0.25, -0.2) is 0 Å². The molecule has 0 aromatic carbocycles. The van der Waals surface area contributed by atoms with Crippen molar-refractivity contribution in [3.05, 3.63) is 11.6 Å². The summed E-state index contributed by atoms with van der Waals surface area (Å²) in [6.07, 6.45) is 5.89. The monoisotopic (exact) mass is 263 g/mol. The van der Waals surface area contributed by atoms with Gasteiger partial charge in [0, 0.05) is 19.3 Å². The maximum absolute atomic E-state index is 11.5. The van der Waals surface area contributed by atoms with E-state index in [1.54, 1.807) is 0 Å². The van der Waals surface area contributed by atoms with Gasteiger partial charge < -0.3 is 4.79 Å². The Labute approximate surface area is 116 Å². The van der Waals surface area contributed by atoms with Gasteiger partial charge in [0.2, 0.25) is 0 Å². The average Bonchev–Trinajstić information content (AvgIpc) is 2.39. The highest BCUT2D eigenvalue weighted by atomic mass is 16.1. The van der Waals surface area contributed by atoms with Gasteiger partial charge in [-0.2, -0.15) is 5.26 Å². The van der Waals surface area contributed by atoms with Crippen LogP contribution >= 0.6 is 0 Å². The first-order valence-electron chi connectivity index (χ1n) is 6.88. The first-order valence-corrected chi connectivity index (χ1v) is 6.88. The molecule has 19 heavy (non-hydrogen) atoms. The highest BCUT2D eigenvalue weighted by Crippen LogP contribution is 2.34. The molecule has 0 amide bonds. The number of allylic oxidation sites excluding steroid dienone is 2. The van der Waals surface area contributed by atoms with Crippen molar-refractivity contribution in [2.45, 2.75) is 59.8 Å². The summed E-state index contributed by atoms with van der Waals surface area (Å²) in [4.78, 5) is 21.8. The van der Waals surface area contributed by atoms with E-state index in [1.807, 2.05) is 27.7 Å². The van der Waals surface area contributed by atoms with Gasteiger partial charge in [-0.15, -0.1) is 0 Å². The lowest BCUT2D eigenvalue weighted by atomic mass is 9.74. The van der Waals surface area contributed by atoms with Gasteiger partial charge in [0.1, 0.15) is 12.1 Å². The standard InChI is InChI=1S/C16H25NO2/c1-5-15(19)11-14(12-17)16(3,4)9-8-13(2)7-6-10-18/h8,10,14H,5-7,9,11H2,1-4H3/b13-8+. The largest absolute Gasteiger partial charge is 0.303 e. The molecule has 0 aliphatic carbocycles. The molecule has 0 fully saturated rings. The van der Waals surface area contributed by atoms with Crippen LogP contribution in [0.2, 0.25) is 0 Å². The van der Waals surface area contributed by atoms with E-state index in [4.69, 9.17) is 0 Å². The quantitative estimate of drug-likeness (QED) is 0.469. The van der Waals surface area contributed by atoms with Crippen molar-refractivity contribution in [1.29, 1.82) is 5.26 Å². The van der Waals surface area contributed by atoms with Crippen LogP contribution in [0.15, 0.2) is 11.6 Å². The molecule has 0 rings (SSSR count). The minimum Gasteiger partial charge on any atom is -0.303 e. The lowest BCUT2D eigenvalue weighted by Gasteiger charge is -2.28. The fourth-order valence-electron chi connectivity index (χ4n) is 1.84. The van der Waals surface area contributed by atoms with Gasteiger partial charge >= 0.3 is 0 Å². The second-order valence-electron chi connectivity index (χ2n) is 5.73. The van der Waals surface area contributed by atoms with Crippen molar-refractivity contribution in [2.75, 3.05) is 0 Å². The van der Waals surface area contributed by atoms with Crippen molar-refractivity contribution in [1.82, 2.24) is 0 Å². The molecule has 0 heterocycles. The molecule has 0 saturated heterocycles. The second kappa shape index (κ2) is 8.63. The Bertz CT molecular complexity index is 375. The number of carbonyl (C=O) groups excluding carboxylic acids is 2. The highest BCUT2D eigenvalue weighted by Gasteiger charge is 2.29. The molecule has 0 aromatic rings. The number of ketones is 1. The van der Waals surface area contributed by atoms with Crippen LogP contribution in [-0.4, -0.2) is 12.1 Å². The molecule has 3 heteroatoms. The summed E-state index contributed by atoms with van der Waals surface area (Å²) in [5, 5.41) is 9.24. The Hall–Kier alpha value is -1.43. The zero-order valence-electron chi connectivity index (χ0n) is 12.5. The van der Waals surface area contributed by atoms with Crippen LogP contribution < -0.4 is 0 Å². The van der Waals surface area contributed by atoms with Crippen molar-refractivity contribution >= 4 is 12.1 Å². The number of aldehydes is 1. The van der Waals surface area contributed by atoms with Crippen LogP contribution in [0, 0.1) is 22.7 Å². The van der Waals surface area contributed by atoms with Crippen LogP contribution in [0.5, 0.6) is 0 Å². The zero-order chi connectivity index (χ0) is 14.9. The molecule has 0 bridgehead atoms. The summed E-state index contributed by atoms with van der Waals surface area (Å²) in [7, 11) is 0. The van der Waals surface area contributed by atoms with Crippen LogP contribution in [0.4, 0.5) is 0 Å². The fourth-order valence-corrected chi connectivity index (χ4v) is 1.84. The molecule has 0 saturated carbocycles. The lowest BCUT2D eigenvalue weighted by Crippen LogP contribution is -2.24. The lowest BCUT2D eigenvalue weighted by molar-refractivity contribution is -0.120. The Kier molecular flexibility index (Phi) is 7.98. The van der Waals surface area contributed by atoms with Gasteiger partial charge in [0.05, 0.1) is 12.0 Å². The summed E-state index contributed by atoms with van der Waals surface area (Å²) >= 11 is 0. The van der Waals surface area contributed by atoms with Crippen LogP contribution in [0.25, 0.3) is 0 Å². The summed E-state index contributed by atoms with van der Waals surface area (Å²) < 4.78 is 0. The van der Waals surface area contributed by atoms with E-state index in [1.165, 1.54) is 5.57 Å². The Morgan fingerprint density at radius 1 is 1.42 bits per heavy atom. The third kappa shape index (κ3) is 6.91. The number of nitriles is 1. The van der Waals surface area contributed by atoms with Gasteiger partial charge in [-0.3, -0.25) is 4.79 Å². The summed E-state index contributed by atoms with van der Waals surface area (Å²) in [5.74, 6) is -0.114. The van der Waals surface area contributed by atoms with E-state index in [2.05, 4.69) is 12.1 Å². The average molecular weight is 263 g/mol. The molecule has 0 aromatic heterocycles. The molecule has 1 atom stereocenters. The maximum Gasteiger partial charge on any atom is 0.133 e. The minimum absolute atomic E-state index is 0.140. The number of hydrogen-bond acceptors (Lipinski definition) is 3. The summed E-state index contributed by atoms with van der Waals surface area (Å²) in [5.41, 5.74) is 0.945. The fraction of sp³-hybridized carbons (Fsp3) is 0.688. The Balaban J connectivity index is 4.61. The number of hydrogen-bond donors (Lipinski definition) is 0. The zero-order valence-corrected chi connectivity index (χ0v) is 12.5. The van der Waals surface area contributed by atoms with Crippen molar-refractivity contribution < 1.29 is 9.59 Å². The molecular weight excluding hydrogens is 238 g/mol. The van der Waals surface area contributed by atoms with Gasteiger partial charge in [-0.05, 0) is 25.2 Å². The smallest absolute Gasteiger partial charge is 0.133 e. The summed E-state index contributed by atoms with van der Waals surface area (Å²) in [6, 6.07) is 2.27. The van der Waals surface area contributed by atoms with E-state index in [9.17, 15) is 14.9 Å². The molecule has 0 N–H and O–H groups in total. The van der Waals surface area contributed by atoms with Gasteiger partial charge in [-0.1, -0.05) is 32.4 Å². The van der Waals surface area contributed by atoms with Crippen LogP contribution in [-0.2, 0) is 9.59 Å². The molecule has 3 nitrogen and oxygen atoms in total. The van der Waals surface area contributed by atoms with Crippen molar-refractivity contribution in [3.63, 3.8) is 0 Å². The molecule has 106 valence electrons. The molecule has 0 aliphatic rings. The molecule has 0 aliphatic heterocycles. The first-order chi connectivity index (χ1) is 8.87. The molecule has 0 spiro atoms. The normalized spacial score (nSPS) is 13.7. The number of carbonyl (C=O) groups is 2. The van der Waals surface area contributed by atoms with Gasteiger partial charge in [0.25, 0.3) is 0 Å². The Morgan fingerprint density at radius 2 is 2.05 bits per heavy atom. The SMILES string of the molecule is CCC(=O)CC(C#N)C(C)(C)C/C=C(\C)CCC=O. The molecule has 0 radical (unpaired) electrons. The van der Waals surface area contributed by atoms with Crippen molar-refractivity contribution in [2.24, 2.45) is 11.3 Å². The number of nitrogens with zero attached hydrogens (tertiary/aromatic N) is 1. The van der Waals surface area contributed by atoms with Gasteiger partial charge in [0.15, 0.2) is 0 Å². The topological polar surface area (TPSA) is 57.9 Å². The van der Waals surface area contributed by atoms with E-state index in [0.717, 1.165) is 19.1 Å². The predicted octanol–water partition coefficient (Wildman–Crippen LogP) is 3.84. The summed E-state index contributed by atoms with van der Waals surface area (Å²) in [6.45, 7) is 7.87. The van der Waals surface area contributed by atoms with Crippen LogP contribution in [0.3, 0.4) is 0 Å². The van der Waals surface area contributed by atoms with E-state index in [0.29, 0.717) is 19.3 Å². The third-order valence-corrected chi connectivity index (χ3v) is 3.56. The van der Waals surface area contributed by atoms with E-state index >= 15 is 0 Å². The minimum atomic E-state index is -0.255. The molecule has 1 unspecified atom stereocenters. The third-order valence-electron chi connectivity index (χ3n) is 3.56. The number of Topliss-reactive ketones (excluding diaryl/α,β-unsaturated/α-hetero) is 1. The van der Waals surface area contributed by atoms with Crippen LogP contribution in [0.1, 0.15) is 59.8 Å².